The minimum absolute atomic E-state index is 0. The summed E-state index contributed by atoms with van der Waals surface area (Å²) in [5.74, 6) is -0.467. The van der Waals surface area contributed by atoms with E-state index < -0.39 is 11.6 Å². The zero-order valence-corrected chi connectivity index (χ0v) is 16.4. The number of benzene rings is 1. The number of hydrogen-bond acceptors (Lipinski definition) is 3. The second-order valence-corrected chi connectivity index (χ2v) is 4.91. The van der Waals surface area contributed by atoms with Crippen LogP contribution in [-0.4, -0.2) is 53.0 Å². The molecule has 0 aliphatic rings. The lowest BCUT2D eigenvalue weighted by Gasteiger charge is -2.12. The number of halogens is 3. The van der Waals surface area contributed by atoms with Gasteiger partial charge >= 0.3 is 0 Å². The number of hydrogen-bond donors (Lipinski definition) is 2. The van der Waals surface area contributed by atoms with Gasteiger partial charge in [0, 0.05) is 39.9 Å². The van der Waals surface area contributed by atoms with Crippen molar-refractivity contribution in [2.24, 2.45) is 4.99 Å². The van der Waals surface area contributed by atoms with Gasteiger partial charge in [-0.3, -0.25) is 4.99 Å². The molecular weight excluding hydrogens is 431 g/mol. The lowest BCUT2D eigenvalue weighted by Crippen LogP contribution is -2.39. The standard InChI is InChI=1S/C16H25F2N3O2.HI/c1-19-16(20-5-3-7-23-9-8-22-2)21-6-4-13-10-14(17)12-15(18)11-13;/h10-12H,3-9H2,1-2H3,(H2,19,20,21);1H. The highest BCUT2D eigenvalue weighted by atomic mass is 127. The van der Waals surface area contributed by atoms with E-state index >= 15 is 0 Å². The van der Waals surface area contributed by atoms with Crippen molar-refractivity contribution >= 4 is 29.9 Å². The second-order valence-electron chi connectivity index (χ2n) is 4.91. The molecule has 0 saturated heterocycles. The van der Waals surface area contributed by atoms with Crippen LogP contribution in [0.15, 0.2) is 23.2 Å². The topological polar surface area (TPSA) is 54.9 Å². The van der Waals surface area contributed by atoms with Crippen molar-refractivity contribution in [1.82, 2.24) is 10.6 Å². The molecule has 0 aromatic heterocycles. The molecule has 0 heterocycles. The van der Waals surface area contributed by atoms with Crippen LogP contribution in [-0.2, 0) is 15.9 Å². The third-order valence-electron chi connectivity index (χ3n) is 3.04. The molecule has 0 spiro atoms. The first-order valence-electron chi connectivity index (χ1n) is 7.62. The zero-order valence-electron chi connectivity index (χ0n) is 14.1. The fourth-order valence-electron chi connectivity index (χ4n) is 1.93. The molecule has 0 radical (unpaired) electrons. The predicted octanol–water partition coefficient (Wildman–Crippen LogP) is 2.34. The van der Waals surface area contributed by atoms with Crippen LogP contribution in [0.2, 0.25) is 0 Å². The highest BCUT2D eigenvalue weighted by Gasteiger charge is 2.02. The Balaban J connectivity index is 0.00000529. The average Bonchev–Trinajstić information content (AvgIpc) is 2.51. The summed E-state index contributed by atoms with van der Waals surface area (Å²) in [5, 5.41) is 6.25. The summed E-state index contributed by atoms with van der Waals surface area (Å²) >= 11 is 0. The van der Waals surface area contributed by atoms with Gasteiger partial charge in [0.15, 0.2) is 5.96 Å². The van der Waals surface area contributed by atoms with E-state index in [-0.39, 0.29) is 24.0 Å². The molecule has 8 heteroatoms. The van der Waals surface area contributed by atoms with Gasteiger partial charge in [0.25, 0.3) is 0 Å². The van der Waals surface area contributed by atoms with Gasteiger partial charge in [-0.2, -0.15) is 0 Å². The molecule has 0 fully saturated rings. The van der Waals surface area contributed by atoms with Gasteiger partial charge in [0.2, 0.25) is 0 Å². The van der Waals surface area contributed by atoms with Gasteiger partial charge < -0.3 is 20.1 Å². The van der Waals surface area contributed by atoms with Crippen LogP contribution < -0.4 is 10.6 Å². The van der Waals surface area contributed by atoms with E-state index in [1.165, 1.54) is 12.1 Å². The Hall–Kier alpha value is -1.00. The third kappa shape index (κ3) is 10.7. The van der Waals surface area contributed by atoms with Gasteiger partial charge in [-0.25, -0.2) is 8.78 Å². The van der Waals surface area contributed by atoms with Crippen molar-refractivity contribution in [1.29, 1.82) is 0 Å². The first-order valence-corrected chi connectivity index (χ1v) is 7.62. The van der Waals surface area contributed by atoms with Crippen molar-refractivity contribution < 1.29 is 18.3 Å². The van der Waals surface area contributed by atoms with Crippen LogP contribution in [0, 0.1) is 11.6 Å². The summed E-state index contributed by atoms with van der Waals surface area (Å²) in [7, 11) is 3.31. The summed E-state index contributed by atoms with van der Waals surface area (Å²) in [5.41, 5.74) is 0.608. The minimum Gasteiger partial charge on any atom is -0.382 e. The highest BCUT2D eigenvalue weighted by molar-refractivity contribution is 14.0. The Labute approximate surface area is 159 Å². The predicted molar refractivity (Wildman–Crippen MR) is 102 cm³/mol. The van der Waals surface area contributed by atoms with Gasteiger partial charge in [-0.05, 0) is 30.5 Å². The van der Waals surface area contributed by atoms with E-state index in [2.05, 4.69) is 15.6 Å². The van der Waals surface area contributed by atoms with Crippen molar-refractivity contribution in [2.75, 3.05) is 47.1 Å². The average molecular weight is 457 g/mol. The third-order valence-corrected chi connectivity index (χ3v) is 3.04. The molecule has 2 N–H and O–H groups in total. The smallest absolute Gasteiger partial charge is 0.190 e. The molecule has 138 valence electrons. The summed E-state index contributed by atoms with van der Waals surface area (Å²) in [6.07, 6.45) is 1.36. The maximum atomic E-state index is 13.1. The van der Waals surface area contributed by atoms with Crippen LogP contribution in [0.1, 0.15) is 12.0 Å². The number of methoxy groups -OCH3 is 1. The molecule has 0 aliphatic heterocycles. The Morgan fingerprint density at radius 1 is 1.04 bits per heavy atom. The molecule has 0 unspecified atom stereocenters. The van der Waals surface area contributed by atoms with E-state index in [0.29, 0.717) is 44.3 Å². The second kappa shape index (κ2) is 14.4. The number of ether oxygens (including phenoxy) is 2. The van der Waals surface area contributed by atoms with Crippen LogP contribution in [0.4, 0.5) is 8.78 Å². The molecule has 24 heavy (non-hydrogen) atoms. The van der Waals surface area contributed by atoms with E-state index in [1.54, 1.807) is 14.2 Å². The van der Waals surface area contributed by atoms with E-state index in [0.717, 1.165) is 19.0 Å². The summed E-state index contributed by atoms with van der Waals surface area (Å²) < 4.78 is 36.4. The van der Waals surface area contributed by atoms with Crippen LogP contribution in [0.25, 0.3) is 0 Å². The molecule has 0 amide bonds. The lowest BCUT2D eigenvalue weighted by atomic mass is 10.1. The zero-order chi connectivity index (χ0) is 16.9. The van der Waals surface area contributed by atoms with Crippen molar-refractivity contribution in [3.05, 3.63) is 35.4 Å². The van der Waals surface area contributed by atoms with E-state index in [9.17, 15) is 8.78 Å². The van der Waals surface area contributed by atoms with Gasteiger partial charge in [0.05, 0.1) is 13.2 Å². The molecule has 0 aliphatic carbocycles. The number of rotatable bonds is 10. The van der Waals surface area contributed by atoms with E-state index in [4.69, 9.17) is 9.47 Å². The highest BCUT2D eigenvalue weighted by Crippen LogP contribution is 2.07. The molecule has 1 rings (SSSR count). The molecule has 0 saturated carbocycles. The monoisotopic (exact) mass is 457 g/mol. The molecule has 1 aromatic carbocycles. The molecule has 0 bridgehead atoms. The van der Waals surface area contributed by atoms with Crippen molar-refractivity contribution in [3.63, 3.8) is 0 Å². The first-order chi connectivity index (χ1) is 11.2. The largest absolute Gasteiger partial charge is 0.382 e. The van der Waals surface area contributed by atoms with Gasteiger partial charge in [-0.15, -0.1) is 24.0 Å². The van der Waals surface area contributed by atoms with Crippen molar-refractivity contribution in [3.8, 4) is 0 Å². The molecular formula is C16H26F2IN3O2. The summed E-state index contributed by atoms with van der Waals surface area (Å²) in [4.78, 5) is 4.09. The Kier molecular flexibility index (Phi) is 13.8. The normalized spacial score (nSPS) is 11.1. The Morgan fingerprint density at radius 2 is 1.71 bits per heavy atom. The van der Waals surface area contributed by atoms with Crippen LogP contribution in [0.5, 0.6) is 0 Å². The minimum atomic E-state index is -0.559. The van der Waals surface area contributed by atoms with Crippen molar-refractivity contribution in [2.45, 2.75) is 12.8 Å². The Bertz CT molecular complexity index is 470. The summed E-state index contributed by atoms with van der Waals surface area (Å²) in [6, 6.07) is 3.53. The quantitative estimate of drug-likeness (QED) is 0.245. The Morgan fingerprint density at radius 3 is 2.33 bits per heavy atom. The van der Waals surface area contributed by atoms with Gasteiger partial charge in [0.1, 0.15) is 11.6 Å². The fourth-order valence-corrected chi connectivity index (χ4v) is 1.93. The number of nitrogens with one attached hydrogen (secondary N) is 2. The van der Waals surface area contributed by atoms with Crippen LogP contribution in [0.3, 0.4) is 0 Å². The van der Waals surface area contributed by atoms with E-state index in [1.807, 2.05) is 0 Å². The summed E-state index contributed by atoms with van der Waals surface area (Å²) in [6.45, 7) is 3.09. The molecule has 1 aromatic rings. The first kappa shape index (κ1) is 23.0. The fraction of sp³-hybridized carbons (Fsp3) is 0.562. The number of guanidine groups is 1. The lowest BCUT2D eigenvalue weighted by molar-refractivity contribution is 0.0698. The molecule has 0 atom stereocenters. The maximum Gasteiger partial charge on any atom is 0.190 e. The number of nitrogens with zero attached hydrogens (tertiary/aromatic N) is 1. The maximum absolute atomic E-state index is 13.1. The van der Waals surface area contributed by atoms with Gasteiger partial charge in [-0.1, -0.05) is 0 Å². The molecule has 5 nitrogen and oxygen atoms in total. The van der Waals surface area contributed by atoms with Crippen LogP contribution >= 0.6 is 24.0 Å². The number of aliphatic imine (C=N–C) groups is 1. The SMILES string of the molecule is CN=C(NCCCOCCOC)NCCc1cc(F)cc(F)c1.I.